The van der Waals surface area contributed by atoms with Crippen LogP contribution in [0.25, 0.3) is 0 Å². The molecule has 0 bridgehead atoms. The summed E-state index contributed by atoms with van der Waals surface area (Å²) in [6.07, 6.45) is -0.0457. The fourth-order valence-electron chi connectivity index (χ4n) is 2.04. The quantitative estimate of drug-likeness (QED) is 0.626. The summed E-state index contributed by atoms with van der Waals surface area (Å²) in [5.74, 6) is -0.628. The average molecular weight is 420 g/mol. The van der Waals surface area contributed by atoms with E-state index >= 15 is 0 Å². The molecule has 0 aliphatic heterocycles. The number of rotatable bonds is 6. The molecule has 0 saturated heterocycles. The lowest BCUT2D eigenvalue weighted by Crippen LogP contribution is -2.41. The van der Waals surface area contributed by atoms with Gasteiger partial charge >= 0.3 is 0 Å². The number of benzene rings is 2. The first-order chi connectivity index (χ1) is 12.5. The summed E-state index contributed by atoms with van der Waals surface area (Å²) in [4.78, 5) is 35.6. The summed E-state index contributed by atoms with van der Waals surface area (Å²) in [7, 11) is 1.52. The Balaban J connectivity index is 1.75. The maximum absolute atomic E-state index is 12.0. The third-order valence-electron chi connectivity index (χ3n) is 3.37. The van der Waals surface area contributed by atoms with E-state index in [4.69, 9.17) is 4.74 Å². The number of halogens is 1. The SMILES string of the molecule is COc1ccc(C(=O)NNC(=O)CCC(=O)Nc2ccccc2)cc1Br. The molecule has 136 valence electrons. The Labute approximate surface area is 159 Å². The van der Waals surface area contributed by atoms with E-state index in [2.05, 4.69) is 32.1 Å². The van der Waals surface area contributed by atoms with Crippen LogP contribution in [0.15, 0.2) is 53.0 Å². The Morgan fingerprint density at radius 1 is 0.962 bits per heavy atom. The normalized spacial score (nSPS) is 9.92. The topological polar surface area (TPSA) is 96.5 Å². The van der Waals surface area contributed by atoms with Crippen molar-refractivity contribution >= 4 is 39.3 Å². The predicted molar refractivity (Wildman–Crippen MR) is 101 cm³/mol. The highest BCUT2D eigenvalue weighted by Gasteiger charge is 2.11. The fraction of sp³-hybridized carbons (Fsp3) is 0.167. The summed E-state index contributed by atoms with van der Waals surface area (Å²) in [5.41, 5.74) is 5.60. The van der Waals surface area contributed by atoms with Crippen LogP contribution in [0.1, 0.15) is 23.2 Å². The zero-order valence-electron chi connectivity index (χ0n) is 14.0. The Kier molecular flexibility index (Phi) is 7.16. The standard InChI is InChI=1S/C18H18BrN3O4/c1-26-15-8-7-12(11-14(15)19)18(25)22-21-17(24)10-9-16(23)20-13-5-3-2-4-6-13/h2-8,11H,9-10H2,1H3,(H,20,23)(H,21,24)(H,22,25). The first-order valence-corrected chi connectivity index (χ1v) is 8.56. The van der Waals surface area contributed by atoms with Gasteiger partial charge < -0.3 is 10.1 Å². The van der Waals surface area contributed by atoms with E-state index in [1.165, 1.54) is 7.11 Å². The molecule has 2 rings (SSSR count). The third kappa shape index (κ3) is 5.89. The highest BCUT2D eigenvalue weighted by molar-refractivity contribution is 9.10. The zero-order chi connectivity index (χ0) is 18.9. The molecule has 0 fully saturated rings. The number of amides is 3. The second kappa shape index (κ2) is 9.57. The van der Waals surface area contributed by atoms with Crippen LogP contribution in [0.3, 0.4) is 0 Å². The van der Waals surface area contributed by atoms with Gasteiger partial charge in [-0.25, -0.2) is 0 Å². The van der Waals surface area contributed by atoms with Crippen LogP contribution in [0.4, 0.5) is 5.69 Å². The summed E-state index contributed by atoms with van der Waals surface area (Å²) in [6.45, 7) is 0. The number of nitrogens with one attached hydrogen (secondary N) is 3. The van der Waals surface area contributed by atoms with Crippen molar-refractivity contribution in [2.24, 2.45) is 0 Å². The molecular weight excluding hydrogens is 402 g/mol. The lowest BCUT2D eigenvalue weighted by atomic mass is 10.2. The van der Waals surface area contributed by atoms with Crippen molar-refractivity contribution < 1.29 is 19.1 Å². The van der Waals surface area contributed by atoms with Crippen LogP contribution in [0.5, 0.6) is 5.75 Å². The smallest absolute Gasteiger partial charge is 0.269 e. The summed E-state index contributed by atoms with van der Waals surface area (Å²) < 4.78 is 5.71. The molecule has 0 atom stereocenters. The number of ether oxygens (including phenoxy) is 1. The molecule has 7 nitrogen and oxygen atoms in total. The Morgan fingerprint density at radius 3 is 2.31 bits per heavy atom. The molecule has 2 aromatic carbocycles. The molecule has 0 aromatic heterocycles. The van der Waals surface area contributed by atoms with E-state index in [0.717, 1.165) is 0 Å². The van der Waals surface area contributed by atoms with Gasteiger partial charge in [0.1, 0.15) is 5.75 Å². The number of methoxy groups -OCH3 is 1. The van der Waals surface area contributed by atoms with E-state index in [9.17, 15) is 14.4 Å². The average Bonchev–Trinajstić information content (AvgIpc) is 2.65. The van der Waals surface area contributed by atoms with Crippen molar-refractivity contribution in [1.82, 2.24) is 10.9 Å². The number of carbonyl (C=O) groups excluding carboxylic acids is 3. The van der Waals surface area contributed by atoms with E-state index in [1.54, 1.807) is 42.5 Å². The molecule has 0 aliphatic rings. The van der Waals surface area contributed by atoms with Gasteiger partial charge in [0.2, 0.25) is 11.8 Å². The molecule has 0 saturated carbocycles. The number of hydrazine groups is 1. The van der Waals surface area contributed by atoms with Gasteiger partial charge in [0.05, 0.1) is 11.6 Å². The summed E-state index contributed by atoms with van der Waals surface area (Å²) in [5, 5.41) is 2.68. The van der Waals surface area contributed by atoms with Gasteiger partial charge in [0.15, 0.2) is 0 Å². The van der Waals surface area contributed by atoms with Crippen LogP contribution in [-0.4, -0.2) is 24.8 Å². The van der Waals surface area contributed by atoms with Crippen LogP contribution in [0, 0.1) is 0 Å². The minimum atomic E-state index is -0.476. The molecule has 26 heavy (non-hydrogen) atoms. The Morgan fingerprint density at radius 2 is 1.65 bits per heavy atom. The Bertz CT molecular complexity index is 796. The predicted octanol–water partition coefficient (Wildman–Crippen LogP) is 2.64. The monoisotopic (exact) mass is 419 g/mol. The molecule has 3 amide bonds. The molecule has 2 aromatic rings. The van der Waals surface area contributed by atoms with Crippen molar-refractivity contribution in [1.29, 1.82) is 0 Å². The highest BCUT2D eigenvalue weighted by Crippen LogP contribution is 2.25. The van der Waals surface area contributed by atoms with Crippen LogP contribution >= 0.6 is 15.9 Å². The van der Waals surface area contributed by atoms with Crippen molar-refractivity contribution in [2.45, 2.75) is 12.8 Å². The van der Waals surface area contributed by atoms with Gasteiger partial charge in [-0.2, -0.15) is 0 Å². The number of hydrogen-bond donors (Lipinski definition) is 3. The largest absolute Gasteiger partial charge is 0.496 e. The first kappa shape index (κ1) is 19.5. The molecular formula is C18H18BrN3O4. The van der Waals surface area contributed by atoms with E-state index in [1.807, 2.05) is 6.07 Å². The van der Waals surface area contributed by atoms with E-state index in [0.29, 0.717) is 21.5 Å². The second-order valence-corrected chi connectivity index (χ2v) is 6.12. The molecule has 0 aliphatic carbocycles. The van der Waals surface area contributed by atoms with Gasteiger partial charge in [0, 0.05) is 24.1 Å². The van der Waals surface area contributed by atoms with Gasteiger partial charge in [0.25, 0.3) is 5.91 Å². The second-order valence-electron chi connectivity index (χ2n) is 5.27. The van der Waals surface area contributed by atoms with E-state index in [-0.39, 0.29) is 18.7 Å². The molecule has 0 unspecified atom stereocenters. The number of para-hydroxylation sites is 1. The minimum absolute atomic E-state index is 0.00464. The van der Waals surface area contributed by atoms with Crippen molar-refractivity contribution in [2.75, 3.05) is 12.4 Å². The fourth-order valence-corrected chi connectivity index (χ4v) is 2.58. The van der Waals surface area contributed by atoms with Gasteiger partial charge in [-0.1, -0.05) is 18.2 Å². The maximum atomic E-state index is 12.0. The highest BCUT2D eigenvalue weighted by atomic mass is 79.9. The van der Waals surface area contributed by atoms with Gasteiger partial charge in [-0.3, -0.25) is 25.2 Å². The van der Waals surface area contributed by atoms with Crippen molar-refractivity contribution in [3.63, 3.8) is 0 Å². The third-order valence-corrected chi connectivity index (χ3v) is 3.99. The number of carbonyl (C=O) groups is 3. The Hall–Kier alpha value is -2.87. The van der Waals surface area contributed by atoms with Gasteiger partial charge in [-0.15, -0.1) is 0 Å². The van der Waals surface area contributed by atoms with Crippen LogP contribution in [-0.2, 0) is 9.59 Å². The lowest BCUT2D eigenvalue weighted by Gasteiger charge is -2.09. The molecule has 3 N–H and O–H groups in total. The molecule has 8 heteroatoms. The number of hydrogen-bond acceptors (Lipinski definition) is 4. The number of anilines is 1. The van der Waals surface area contributed by atoms with E-state index < -0.39 is 11.8 Å². The first-order valence-electron chi connectivity index (χ1n) is 7.77. The zero-order valence-corrected chi connectivity index (χ0v) is 15.6. The summed E-state index contributed by atoms with van der Waals surface area (Å²) in [6, 6.07) is 13.7. The van der Waals surface area contributed by atoms with Crippen molar-refractivity contribution in [3.05, 3.63) is 58.6 Å². The van der Waals surface area contributed by atoms with Gasteiger partial charge in [-0.05, 0) is 46.3 Å². The van der Waals surface area contributed by atoms with Crippen molar-refractivity contribution in [3.8, 4) is 5.75 Å². The molecule has 0 spiro atoms. The minimum Gasteiger partial charge on any atom is -0.496 e. The summed E-state index contributed by atoms with van der Waals surface area (Å²) >= 11 is 3.29. The molecule has 0 radical (unpaired) electrons. The maximum Gasteiger partial charge on any atom is 0.269 e. The lowest BCUT2D eigenvalue weighted by molar-refractivity contribution is -0.124. The van der Waals surface area contributed by atoms with Crippen LogP contribution in [0.2, 0.25) is 0 Å². The molecule has 0 heterocycles. The van der Waals surface area contributed by atoms with Crippen LogP contribution < -0.4 is 20.9 Å².